The number of rotatable bonds is 6. The van der Waals surface area contributed by atoms with E-state index in [1.54, 1.807) is 0 Å². The summed E-state index contributed by atoms with van der Waals surface area (Å²) in [5.74, 6) is -2.42. The van der Waals surface area contributed by atoms with Gasteiger partial charge < -0.3 is 4.90 Å². The lowest BCUT2D eigenvalue weighted by Gasteiger charge is -2.21. The van der Waals surface area contributed by atoms with Gasteiger partial charge >= 0.3 is 0 Å². The molecule has 3 rings (SSSR count). The highest BCUT2D eigenvalue weighted by atomic mass is 32.1. The summed E-state index contributed by atoms with van der Waals surface area (Å²) < 4.78 is 29.2. The van der Waals surface area contributed by atoms with Gasteiger partial charge in [-0.25, -0.2) is 13.8 Å². The van der Waals surface area contributed by atoms with Crippen molar-refractivity contribution in [2.45, 2.75) is 6.42 Å². The van der Waals surface area contributed by atoms with Gasteiger partial charge in [-0.1, -0.05) is 29.5 Å². The third-order valence-corrected chi connectivity index (χ3v) is 5.05. The van der Waals surface area contributed by atoms with Crippen molar-refractivity contribution in [1.29, 1.82) is 0 Å². The Morgan fingerprint density at radius 1 is 1.12 bits per heavy atom. The summed E-state index contributed by atoms with van der Waals surface area (Å²) in [6.07, 6.45) is 0.695. The molecule has 0 aliphatic heterocycles. The van der Waals surface area contributed by atoms with E-state index < -0.39 is 23.1 Å². The van der Waals surface area contributed by atoms with Crippen molar-refractivity contribution < 1.29 is 18.5 Å². The Kier molecular flexibility index (Phi) is 5.58. The fraction of sp³-hybridized carbons (Fsp3) is 0.263. The molecule has 136 valence electrons. The Labute approximate surface area is 154 Å². The third-order valence-electron chi connectivity index (χ3n) is 3.99. The van der Waals surface area contributed by atoms with Gasteiger partial charge in [-0.2, -0.15) is 0 Å². The first-order valence-corrected chi connectivity index (χ1v) is 9.19. The van der Waals surface area contributed by atoms with E-state index in [2.05, 4.69) is 4.98 Å². The van der Waals surface area contributed by atoms with E-state index in [0.717, 1.165) is 28.9 Å². The Morgan fingerprint density at radius 2 is 1.81 bits per heavy atom. The monoisotopic (exact) mass is 376 g/mol. The summed E-state index contributed by atoms with van der Waals surface area (Å²) >= 11 is 1.34. The van der Waals surface area contributed by atoms with Gasteiger partial charge in [0.15, 0.2) is 5.13 Å². The molecule has 7 heteroatoms. The number of hydrogen-bond donors (Lipinski definition) is 1. The first-order chi connectivity index (χ1) is 12.5. The molecule has 0 radical (unpaired) electrons. The molecular formula is C19H20F2N3OS+. The Bertz CT molecular complexity index is 873. The number of amides is 1. The third kappa shape index (κ3) is 3.89. The van der Waals surface area contributed by atoms with Gasteiger partial charge in [-0.3, -0.25) is 9.69 Å². The van der Waals surface area contributed by atoms with Crippen LogP contribution < -0.4 is 9.80 Å². The number of para-hydroxylation sites is 1. The number of benzene rings is 2. The molecule has 0 atom stereocenters. The first-order valence-electron chi connectivity index (χ1n) is 8.38. The van der Waals surface area contributed by atoms with Crippen molar-refractivity contribution in [3.8, 4) is 0 Å². The van der Waals surface area contributed by atoms with Crippen LogP contribution in [0.15, 0.2) is 42.5 Å². The molecule has 0 saturated heterocycles. The summed E-state index contributed by atoms with van der Waals surface area (Å²) in [5.41, 5.74) is 0.224. The van der Waals surface area contributed by atoms with Crippen molar-refractivity contribution in [2.75, 3.05) is 32.1 Å². The standard InChI is InChI=1S/C19H19F2N3OS/c1-23(2)11-6-12-24(18(25)17-13(20)7-5-8-14(17)21)19-22-15-9-3-4-10-16(15)26-19/h3-5,7-10H,6,11-12H2,1-2H3/p+1. The lowest BCUT2D eigenvalue weighted by Crippen LogP contribution is -3.05. The van der Waals surface area contributed by atoms with Crippen LogP contribution in [0.3, 0.4) is 0 Å². The molecule has 0 aliphatic carbocycles. The van der Waals surface area contributed by atoms with Gasteiger partial charge in [-0.15, -0.1) is 0 Å². The Hall–Kier alpha value is -2.38. The van der Waals surface area contributed by atoms with Crippen LogP contribution in [0, 0.1) is 11.6 Å². The molecule has 1 N–H and O–H groups in total. The van der Waals surface area contributed by atoms with E-state index in [9.17, 15) is 13.6 Å². The van der Waals surface area contributed by atoms with Crippen LogP contribution in [0.4, 0.5) is 13.9 Å². The summed E-state index contributed by atoms with van der Waals surface area (Å²) in [7, 11) is 4.03. The predicted octanol–water partition coefficient (Wildman–Crippen LogP) is 2.76. The number of fused-ring (bicyclic) bond motifs is 1. The smallest absolute Gasteiger partial charge is 0.266 e. The second-order valence-corrected chi connectivity index (χ2v) is 7.34. The zero-order chi connectivity index (χ0) is 18.7. The predicted molar refractivity (Wildman–Crippen MR) is 99.9 cm³/mol. The molecule has 1 aromatic heterocycles. The fourth-order valence-electron chi connectivity index (χ4n) is 2.69. The molecule has 0 unspecified atom stereocenters. The van der Waals surface area contributed by atoms with Crippen molar-refractivity contribution in [3.63, 3.8) is 0 Å². The maximum atomic E-state index is 14.1. The van der Waals surface area contributed by atoms with Crippen LogP contribution in [-0.2, 0) is 0 Å². The number of thiazole rings is 1. The number of carbonyl (C=O) groups is 1. The molecular weight excluding hydrogens is 356 g/mol. The molecule has 2 aromatic carbocycles. The zero-order valence-corrected chi connectivity index (χ0v) is 15.4. The molecule has 0 saturated carbocycles. The van der Waals surface area contributed by atoms with E-state index >= 15 is 0 Å². The maximum Gasteiger partial charge on any atom is 0.266 e. The van der Waals surface area contributed by atoms with E-state index in [-0.39, 0.29) is 0 Å². The number of nitrogens with zero attached hydrogens (tertiary/aromatic N) is 2. The molecule has 0 spiro atoms. The van der Waals surface area contributed by atoms with Gasteiger partial charge in [0.25, 0.3) is 5.91 Å². The van der Waals surface area contributed by atoms with Gasteiger partial charge in [0.05, 0.1) is 30.9 Å². The first kappa shape index (κ1) is 18.4. The number of hydrogen-bond acceptors (Lipinski definition) is 3. The zero-order valence-electron chi connectivity index (χ0n) is 14.6. The lowest BCUT2D eigenvalue weighted by atomic mass is 10.1. The molecule has 0 bridgehead atoms. The molecule has 1 heterocycles. The fourth-order valence-corrected chi connectivity index (χ4v) is 3.68. The number of quaternary nitrogens is 1. The summed E-state index contributed by atoms with van der Waals surface area (Å²) in [5, 5.41) is 0.451. The largest absolute Gasteiger partial charge is 0.340 e. The SMILES string of the molecule is C[NH+](C)CCCN(C(=O)c1c(F)cccc1F)c1nc2ccccc2s1. The second-order valence-electron chi connectivity index (χ2n) is 6.33. The van der Waals surface area contributed by atoms with Crippen LogP contribution in [0.5, 0.6) is 0 Å². The van der Waals surface area contributed by atoms with Crippen LogP contribution in [-0.4, -0.2) is 38.1 Å². The van der Waals surface area contributed by atoms with Crippen LogP contribution in [0.2, 0.25) is 0 Å². The highest BCUT2D eigenvalue weighted by Crippen LogP contribution is 2.30. The van der Waals surface area contributed by atoms with E-state index in [0.29, 0.717) is 18.1 Å². The summed E-state index contributed by atoms with van der Waals surface area (Å²) in [6.45, 7) is 1.17. The van der Waals surface area contributed by atoms with Crippen molar-refractivity contribution >= 4 is 32.6 Å². The van der Waals surface area contributed by atoms with Crippen LogP contribution in [0.1, 0.15) is 16.8 Å². The number of aromatic nitrogens is 1. The lowest BCUT2D eigenvalue weighted by molar-refractivity contribution is -0.858. The molecule has 0 aliphatic rings. The van der Waals surface area contributed by atoms with Crippen molar-refractivity contribution in [2.24, 2.45) is 0 Å². The minimum atomic E-state index is -0.862. The summed E-state index contributed by atoms with van der Waals surface area (Å²) in [4.78, 5) is 20.1. The summed E-state index contributed by atoms with van der Waals surface area (Å²) in [6, 6.07) is 11.0. The van der Waals surface area contributed by atoms with E-state index in [1.807, 2.05) is 38.4 Å². The average Bonchev–Trinajstić information content (AvgIpc) is 3.01. The topological polar surface area (TPSA) is 37.6 Å². The molecule has 3 aromatic rings. The van der Waals surface area contributed by atoms with Crippen molar-refractivity contribution in [3.05, 3.63) is 59.7 Å². The number of halogens is 2. The minimum absolute atomic E-state index is 0.345. The normalized spacial score (nSPS) is 11.3. The minimum Gasteiger partial charge on any atom is -0.340 e. The Balaban J connectivity index is 1.98. The molecule has 26 heavy (non-hydrogen) atoms. The van der Waals surface area contributed by atoms with Crippen LogP contribution in [0.25, 0.3) is 10.2 Å². The highest BCUT2D eigenvalue weighted by molar-refractivity contribution is 7.22. The maximum absolute atomic E-state index is 14.1. The number of carbonyl (C=O) groups excluding carboxylic acids is 1. The number of anilines is 1. The molecule has 0 fully saturated rings. The van der Waals surface area contributed by atoms with Gasteiger partial charge in [0.1, 0.15) is 17.2 Å². The quantitative estimate of drug-likeness (QED) is 0.718. The second kappa shape index (κ2) is 7.88. The van der Waals surface area contributed by atoms with Crippen LogP contribution >= 0.6 is 11.3 Å². The van der Waals surface area contributed by atoms with Crippen molar-refractivity contribution in [1.82, 2.24) is 4.98 Å². The average molecular weight is 376 g/mol. The van der Waals surface area contributed by atoms with Gasteiger partial charge in [-0.05, 0) is 24.3 Å². The van der Waals surface area contributed by atoms with Gasteiger partial charge in [0, 0.05) is 13.0 Å². The molecule has 1 amide bonds. The number of nitrogens with one attached hydrogen (secondary N) is 1. The van der Waals surface area contributed by atoms with E-state index in [4.69, 9.17) is 0 Å². The highest BCUT2D eigenvalue weighted by Gasteiger charge is 2.26. The molecule has 4 nitrogen and oxygen atoms in total. The Morgan fingerprint density at radius 3 is 2.46 bits per heavy atom. The van der Waals surface area contributed by atoms with Gasteiger partial charge in [0.2, 0.25) is 0 Å². The van der Waals surface area contributed by atoms with E-state index in [1.165, 1.54) is 27.2 Å².